The molecule has 0 aliphatic rings. The number of hydrogen-bond acceptors (Lipinski definition) is 4. The van der Waals surface area contributed by atoms with Gasteiger partial charge in [-0.25, -0.2) is 9.97 Å². The summed E-state index contributed by atoms with van der Waals surface area (Å²) in [4.78, 5) is 29.7. The molecular weight excluding hydrogens is 258 g/mol. The Morgan fingerprint density at radius 3 is 2.72 bits per heavy atom. The number of carbonyl (C=O) groups is 2. The minimum Gasteiger partial charge on any atom is -0.481 e. The maximum absolute atomic E-state index is 11.6. The van der Waals surface area contributed by atoms with Crippen molar-refractivity contribution in [3.63, 3.8) is 0 Å². The van der Waals surface area contributed by atoms with E-state index in [0.29, 0.717) is 19.4 Å². The molecule has 1 amide bonds. The van der Waals surface area contributed by atoms with Crippen LogP contribution in [-0.4, -0.2) is 33.5 Å². The first-order chi connectivity index (χ1) is 8.50. The highest BCUT2D eigenvalue weighted by Crippen LogP contribution is 2.05. The summed E-state index contributed by atoms with van der Waals surface area (Å²) in [6, 6.07) is 0. The lowest BCUT2D eigenvalue weighted by molar-refractivity contribution is -0.141. The average molecular weight is 272 g/mol. The van der Waals surface area contributed by atoms with E-state index in [1.807, 2.05) is 0 Å². The zero-order chi connectivity index (χ0) is 13.5. The second-order valence-corrected chi connectivity index (χ2v) is 4.25. The van der Waals surface area contributed by atoms with Crippen LogP contribution in [-0.2, 0) is 4.79 Å². The first kappa shape index (κ1) is 14.4. The number of amides is 1. The Bertz CT molecular complexity index is 422. The lowest BCUT2D eigenvalue weighted by Crippen LogP contribution is -2.26. The second kappa shape index (κ2) is 6.90. The number of aliphatic carboxylic acids is 1. The molecule has 1 aromatic heterocycles. The molecule has 0 saturated heterocycles. The maximum Gasteiger partial charge on any atom is 0.306 e. The number of hydrogen-bond donors (Lipinski definition) is 2. The van der Waals surface area contributed by atoms with Crippen molar-refractivity contribution in [2.24, 2.45) is 5.92 Å². The molecule has 0 fully saturated rings. The Labute approximate surface area is 109 Å². The molecule has 0 aromatic carbocycles. The monoisotopic (exact) mass is 271 g/mol. The summed E-state index contributed by atoms with van der Waals surface area (Å²) >= 11 is 5.55. The smallest absolute Gasteiger partial charge is 0.306 e. The van der Waals surface area contributed by atoms with Gasteiger partial charge >= 0.3 is 5.97 Å². The highest BCUT2D eigenvalue weighted by Gasteiger charge is 2.11. The first-order valence-corrected chi connectivity index (χ1v) is 5.87. The lowest BCUT2D eigenvalue weighted by atomic mass is 10.1. The number of carboxylic acids is 1. The summed E-state index contributed by atoms with van der Waals surface area (Å²) in [5.74, 6) is -1.58. The van der Waals surface area contributed by atoms with Crippen molar-refractivity contribution in [3.05, 3.63) is 23.2 Å². The minimum atomic E-state index is -0.829. The molecule has 1 unspecified atom stereocenters. The Balaban J connectivity index is 2.29. The molecule has 6 nitrogen and oxygen atoms in total. The zero-order valence-corrected chi connectivity index (χ0v) is 10.6. The molecule has 1 aromatic rings. The van der Waals surface area contributed by atoms with Gasteiger partial charge in [-0.15, -0.1) is 0 Å². The third-order valence-electron chi connectivity index (χ3n) is 2.37. The van der Waals surface area contributed by atoms with Crippen LogP contribution in [0, 0.1) is 5.92 Å². The molecule has 98 valence electrons. The first-order valence-electron chi connectivity index (χ1n) is 5.49. The van der Waals surface area contributed by atoms with Gasteiger partial charge in [0, 0.05) is 6.54 Å². The third kappa shape index (κ3) is 4.67. The van der Waals surface area contributed by atoms with Crippen LogP contribution in [0.2, 0.25) is 5.15 Å². The molecule has 0 saturated carbocycles. The van der Waals surface area contributed by atoms with Crippen molar-refractivity contribution in [3.8, 4) is 0 Å². The van der Waals surface area contributed by atoms with E-state index in [1.165, 1.54) is 12.4 Å². The Morgan fingerprint density at radius 2 is 2.17 bits per heavy atom. The van der Waals surface area contributed by atoms with Crippen molar-refractivity contribution in [2.75, 3.05) is 6.54 Å². The number of carboxylic acid groups (broad SMARTS) is 1. The molecule has 0 spiro atoms. The van der Waals surface area contributed by atoms with E-state index >= 15 is 0 Å². The van der Waals surface area contributed by atoms with Gasteiger partial charge in [0.15, 0.2) is 0 Å². The molecule has 18 heavy (non-hydrogen) atoms. The highest BCUT2D eigenvalue weighted by molar-refractivity contribution is 6.29. The number of carbonyl (C=O) groups excluding carboxylic acids is 1. The van der Waals surface area contributed by atoms with Crippen molar-refractivity contribution in [1.82, 2.24) is 15.3 Å². The van der Waals surface area contributed by atoms with Gasteiger partial charge in [0.05, 0.1) is 18.3 Å². The summed E-state index contributed by atoms with van der Waals surface area (Å²) in [5.41, 5.74) is 0.186. The summed E-state index contributed by atoms with van der Waals surface area (Å²) in [6.45, 7) is 2.04. The van der Waals surface area contributed by atoms with Gasteiger partial charge in [-0.1, -0.05) is 18.5 Å². The van der Waals surface area contributed by atoms with E-state index in [0.717, 1.165) is 0 Å². The highest BCUT2D eigenvalue weighted by atomic mass is 35.5. The molecule has 1 atom stereocenters. The van der Waals surface area contributed by atoms with Crippen LogP contribution >= 0.6 is 11.6 Å². The van der Waals surface area contributed by atoms with Gasteiger partial charge in [0.25, 0.3) is 5.91 Å². The van der Waals surface area contributed by atoms with Crippen molar-refractivity contribution in [1.29, 1.82) is 0 Å². The van der Waals surface area contributed by atoms with Crippen LogP contribution in [0.5, 0.6) is 0 Å². The zero-order valence-electron chi connectivity index (χ0n) is 9.89. The van der Waals surface area contributed by atoms with Crippen molar-refractivity contribution in [2.45, 2.75) is 19.8 Å². The second-order valence-electron chi connectivity index (χ2n) is 3.86. The Hall–Kier alpha value is -1.69. The largest absolute Gasteiger partial charge is 0.481 e. The van der Waals surface area contributed by atoms with Crippen molar-refractivity contribution < 1.29 is 14.7 Å². The summed E-state index contributed by atoms with van der Waals surface area (Å²) in [6.07, 6.45) is 3.70. The fraction of sp³-hybridized carbons (Fsp3) is 0.455. The summed E-state index contributed by atoms with van der Waals surface area (Å²) < 4.78 is 0. The van der Waals surface area contributed by atoms with Gasteiger partial charge in [-0.2, -0.15) is 0 Å². The van der Waals surface area contributed by atoms with Crippen LogP contribution in [0.25, 0.3) is 0 Å². The van der Waals surface area contributed by atoms with Crippen LogP contribution in [0.4, 0.5) is 0 Å². The van der Waals surface area contributed by atoms with Gasteiger partial charge in [0.1, 0.15) is 10.8 Å². The predicted octanol–water partition coefficient (Wildman–Crippen LogP) is 1.36. The molecule has 0 aliphatic carbocycles. The van der Waals surface area contributed by atoms with Gasteiger partial charge < -0.3 is 10.4 Å². The summed E-state index contributed by atoms with van der Waals surface area (Å²) in [7, 11) is 0. The SMILES string of the molecule is CC(CCCNC(=O)c1cnc(Cl)cn1)C(=O)O. The minimum absolute atomic E-state index is 0.186. The fourth-order valence-electron chi connectivity index (χ4n) is 1.25. The van der Waals surface area contributed by atoms with E-state index in [-0.39, 0.29) is 16.8 Å². The summed E-state index contributed by atoms with van der Waals surface area (Å²) in [5, 5.41) is 11.5. The quantitative estimate of drug-likeness (QED) is 0.762. The van der Waals surface area contributed by atoms with Crippen LogP contribution in [0.15, 0.2) is 12.4 Å². The number of rotatable bonds is 6. The van der Waals surface area contributed by atoms with E-state index in [4.69, 9.17) is 16.7 Å². The van der Waals surface area contributed by atoms with Gasteiger partial charge in [-0.05, 0) is 12.8 Å². The Morgan fingerprint density at radius 1 is 1.44 bits per heavy atom. The Kier molecular flexibility index (Phi) is 5.51. The van der Waals surface area contributed by atoms with Crippen LogP contribution in [0.3, 0.4) is 0 Å². The van der Waals surface area contributed by atoms with Crippen LogP contribution in [0.1, 0.15) is 30.3 Å². The molecule has 0 radical (unpaired) electrons. The molecular formula is C11H14ClN3O3. The van der Waals surface area contributed by atoms with Crippen LogP contribution < -0.4 is 5.32 Å². The van der Waals surface area contributed by atoms with Crippen molar-refractivity contribution >= 4 is 23.5 Å². The topological polar surface area (TPSA) is 92.2 Å². The number of aromatic nitrogens is 2. The molecule has 2 N–H and O–H groups in total. The van der Waals surface area contributed by atoms with E-state index in [9.17, 15) is 9.59 Å². The number of halogens is 1. The fourth-order valence-corrected chi connectivity index (χ4v) is 1.35. The molecule has 7 heteroatoms. The number of nitrogens with zero attached hydrogens (tertiary/aromatic N) is 2. The lowest BCUT2D eigenvalue weighted by Gasteiger charge is -2.07. The predicted molar refractivity (Wildman–Crippen MR) is 65.4 cm³/mol. The molecule has 1 rings (SSSR count). The van der Waals surface area contributed by atoms with E-state index in [2.05, 4.69) is 15.3 Å². The van der Waals surface area contributed by atoms with E-state index in [1.54, 1.807) is 6.92 Å². The van der Waals surface area contributed by atoms with E-state index < -0.39 is 11.9 Å². The molecule has 0 aliphatic heterocycles. The van der Waals surface area contributed by atoms with Gasteiger partial charge in [-0.3, -0.25) is 9.59 Å². The molecule has 1 heterocycles. The average Bonchev–Trinajstić information content (AvgIpc) is 2.34. The maximum atomic E-state index is 11.6. The standard InChI is InChI=1S/C11H14ClN3O3/c1-7(11(17)18)3-2-4-13-10(16)8-5-15-9(12)6-14-8/h5-7H,2-4H2,1H3,(H,13,16)(H,17,18). The molecule has 0 bridgehead atoms. The third-order valence-corrected chi connectivity index (χ3v) is 2.57. The normalized spacial score (nSPS) is 11.9. The van der Waals surface area contributed by atoms with Gasteiger partial charge in [0.2, 0.25) is 0 Å². The number of nitrogens with one attached hydrogen (secondary N) is 1.